The van der Waals surface area contributed by atoms with E-state index in [1.165, 1.54) is 11.1 Å². The zero-order valence-corrected chi connectivity index (χ0v) is 31.9. The minimum absolute atomic E-state index is 0.165. The molecule has 0 aliphatic carbocycles. The molecule has 2 heterocycles. The molecule has 264 valence electrons. The number of ether oxygens (including phenoxy) is 4. The molecule has 0 radical (unpaired) electrons. The van der Waals surface area contributed by atoms with Crippen LogP contribution in [0.25, 0.3) is 0 Å². The van der Waals surface area contributed by atoms with Gasteiger partial charge >= 0.3 is 0 Å². The van der Waals surface area contributed by atoms with Crippen LogP contribution >= 0.6 is 0 Å². The van der Waals surface area contributed by atoms with Gasteiger partial charge < -0.3 is 29.2 Å². The topological polar surface area (TPSA) is 77.4 Å². The summed E-state index contributed by atoms with van der Waals surface area (Å²) in [6, 6.07) is 8.61. The lowest BCUT2D eigenvalue weighted by Gasteiger charge is -2.49. The van der Waals surface area contributed by atoms with E-state index < -0.39 is 0 Å². The van der Waals surface area contributed by atoms with Gasteiger partial charge in [0.15, 0.2) is 12.6 Å². The highest BCUT2D eigenvalue weighted by Crippen LogP contribution is 2.44. The van der Waals surface area contributed by atoms with Crippen molar-refractivity contribution in [2.75, 3.05) is 26.4 Å². The molecule has 2 aromatic rings. The molecule has 0 amide bonds. The molecule has 6 nitrogen and oxygen atoms in total. The van der Waals surface area contributed by atoms with E-state index in [1.54, 1.807) is 0 Å². The fraction of sp³-hybridized carbons (Fsp3) is 0.707. The first-order valence-corrected chi connectivity index (χ1v) is 17.6. The summed E-state index contributed by atoms with van der Waals surface area (Å²) in [5.41, 5.74) is 5.07. The van der Waals surface area contributed by atoms with Gasteiger partial charge in [0.2, 0.25) is 0 Å². The van der Waals surface area contributed by atoms with Crippen LogP contribution in [0.1, 0.15) is 142 Å². The number of phenols is 2. The predicted octanol–water partition coefficient (Wildman–Crippen LogP) is 9.51. The Kier molecular flexibility index (Phi) is 10.7. The van der Waals surface area contributed by atoms with Gasteiger partial charge in [0, 0.05) is 10.8 Å². The van der Waals surface area contributed by atoms with Crippen molar-refractivity contribution < 1.29 is 29.2 Å². The average Bonchev–Trinajstić information content (AvgIpc) is 2.93. The number of phenolic OH excluding ortho intramolecular Hbond substituents is 2. The van der Waals surface area contributed by atoms with E-state index in [0.29, 0.717) is 37.9 Å². The van der Waals surface area contributed by atoms with Crippen molar-refractivity contribution in [2.24, 2.45) is 16.2 Å². The van der Waals surface area contributed by atoms with E-state index in [-0.39, 0.29) is 51.5 Å². The Morgan fingerprint density at radius 1 is 0.574 bits per heavy atom. The number of benzene rings is 2. The summed E-state index contributed by atoms with van der Waals surface area (Å²) in [5.74, 6) is 1.28. The van der Waals surface area contributed by atoms with Gasteiger partial charge in [0.1, 0.15) is 11.5 Å². The van der Waals surface area contributed by atoms with Gasteiger partial charge in [-0.3, -0.25) is 0 Å². The van der Waals surface area contributed by atoms with Crippen LogP contribution in [-0.4, -0.2) is 49.2 Å². The molecule has 6 heteroatoms. The molecule has 0 unspecified atom stereocenters. The van der Waals surface area contributed by atoms with Gasteiger partial charge in [0.05, 0.1) is 31.8 Å². The van der Waals surface area contributed by atoms with Crippen molar-refractivity contribution in [3.63, 3.8) is 0 Å². The van der Waals surface area contributed by atoms with Crippen molar-refractivity contribution >= 4 is 0 Å². The van der Waals surface area contributed by atoms with Crippen LogP contribution in [0.3, 0.4) is 0 Å². The highest BCUT2D eigenvalue weighted by Gasteiger charge is 2.48. The maximum Gasteiger partial charge on any atom is 0.162 e. The molecule has 0 bridgehead atoms. The van der Waals surface area contributed by atoms with Crippen molar-refractivity contribution in [1.29, 1.82) is 0 Å². The van der Waals surface area contributed by atoms with Crippen LogP contribution < -0.4 is 0 Å². The zero-order valence-electron chi connectivity index (χ0n) is 31.9. The van der Waals surface area contributed by atoms with Crippen LogP contribution in [0.5, 0.6) is 11.5 Å². The molecule has 0 aromatic heterocycles. The molecule has 2 fully saturated rings. The second-order valence-corrected chi connectivity index (χ2v) is 18.7. The van der Waals surface area contributed by atoms with Crippen molar-refractivity contribution in [3.05, 3.63) is 57.6 Å². The Morgan fingerprint density at radius 3 is 1.13 bits per heavy atom. The van der Waals surface area contributed by atoms with Gasteiger partial charge in [0.25, 0.3) is 0 Å². The van der Waals surface area contributed by atoms with Gasteiger partial charge in [-0.05, 0) is 68.9 Å². The normalized spacial score (nSPS) is 23.2. The number of hydrogen-bond donors (Lipinski definition) is 2. The van der Waals surface area contributed by atoms with Crippen molar-refractivity contribution in [1.82, 2.24) is 0 Å². The van der Waals surface area contributed by atoms with E-state index in [0.717, 1.165) is 35.1 Å². The molecule has 2 aliphatic heterocycles. The molecule has 47 heavy (non-hydrogen) atoms. The second-order valence-electron chi connectivity index (χ2n) is 18.7. The molecule has 1 spiro atoms. The Bertz CT molecular complexity index is 1280. The summed E-state index contributed by atoms with van der Waals surface area (Å²) in [7, 11) is 0. The standard InChI is InChI=1S/C41H64O6/c1-25(2)29-15-27(17-31(33(29)42)37(5,6)7)19-39(11,12)35-44-21-41(22-45-35)23-46-36(47-24-41)40(13,14)20-28-16-30(26(3)4)34(43)32(18-28)38(8,9)10/h15-18,25-26,35-36,42-43H,19-24H2,1-14H3. The fourth-order valence-corrected chi connectivity index (χ4v) is 7.14. The molecule has 0 atom stereocenters. The van der Waals surface area contributed by atoms with Gasteiger partial charge in [-0.15, -0.1) is 0 Å². The third-order valence-corrected chi connectivity index (χ3v) is 10.0. The van der Waals surface area contributed by atoms with E-state index in [9.17, 15) is 10.2 Å². The van der Waals surface area contributed by atoms with E-state index in [4.69, 9.17) is 18.9 Å². The lowest BCUT2D eigenvalue weighted by Crippen LogP contribution is -2.56. The summed E-state index contributed by atoms with van der Waals surface area (Å²) in [5, 5.41) is 22.1. The third kappa shape index (κ3) is 8.37. The summed E-state index contributed by atoms with van der Waals surface area (Å²) in [6.07, 6.45) is 0.810. The number of aromatic hydroxyl groups is 2. The Hall–Kier alpha value is -2.12. The number of rotatable bonds is 8. The molecule has 4 rings (SSSR count). The first-order chi connectivity index (χ1) is 21.5. The lowest BCUT2D eigenvalue weighted by atomic mass is 9.78. The molecule has 2 N–H and O–H groups in total. The minimum atomic E-state index is -0.363. The first-order valence-electron chi connectivity index (χ1n) is 17.6. The smallest absolute Gasteiger partial charge is 0.162 e. The maximum absolute atomic E-state index is 11.0. The molecule has 0 saturated carbocycles. The van der Waals surface area contributed by atoms with Crippen molar-refractivity contribution in [2.45, 2.75) is 145 Å². The Balaban J connectivity index is 1.41. The van der Waals surface area contributed by atoms with Gasteiger partial charge in [-0.2, -0.15) is 0 Å². The second kappa shape index (κ2) is 13.3. The van der Waals surface area contributed by atoms with Crippen LogP contribution in [0.15, 0.2) is 24.3 Å². The molecule has 2 aromatic carbocycles. The average molecular weight is 653 g/mol. The van der Waals surface area contributed by atoms with E-state index >= 15 is 0 Å². The molecular weight excluding hydrogens is 588 g/mol. The van der Waals surface area contributed by atoms with Crippen LogP contribution in [0, 0.1) is 16.2 Å². The van der Waals surface area contributed by atoms with Crippen LogP contribution in [0.2, 0.25) is 0 Å². The summed E-state index contributed by atoms with van der Waals surface area (Å²) < 4.78 is 25.8. The predicted molar refractivity (Wildman–Crippen MR) is 191 cm³/mol. The van der Waals surface area contributed by atoms with Crippen LogP contribution in [0.4, 0.5) is 0 Å². The monoisotopic (exact) mass is 652 g/mol. The number of hydrogen-bond acceptors (Lipinski definition) is 6. The van der Waals surface area contributed by atoms with Crippen LogP contribution in [-0.2, 0) is 42.6 Å². The third-order valence-electron chi connectivity index (χ3n) is 10.0. The van der Waals surface area contributed by atoms with Gasteiger partial charge in [-0.1, -0.05) is 121 Å². The zero-order chi connectivity index (χ0) is 35.3. The largest absolute Gasteiger partial charge is 0.507 e. The van der Waals surface area contributed by atoms with E-state index in [1.807, 2.05) is 0 Å². The Morgan fingerprint density at radius 2 is 0.872 bits per heavy atom. The summed E-state index contributed by atoms with van der Waals surface area (Å²) in [6.45, 7) is 32.2. The maximum atomic E-state index is 11.0. The SMILES string of the molecule is CC(C)c1cc(CC(C)(C)C2OCC3(CO2)COC(C(C)(C)Cc2cc(C(C)C)c(O)c(C(C)(C)C)c2)OC3)cc(C(C)(C)C)c1O. The molecule has 2 aliphatic rings. The molecule has 2 saturated heterocycles. The highest BCUT2D eigenvalue weighted by molar-refractivity contribution is 5.49. The summed E-state index contributed by atoms with van der Waals surface area (Å²) >= 11 is 0. The quantitative estimate of drug-likeness (QED) is 0.296. The van der Waals surface area contributed by atoms with E-state index in [2.05, 4.69) is 121 Å². The first kappa shape index (κ1) is 37.7. The van der Waals surface area contributed by atoms with Crippen molar-refractivity contribution in [3.8, 4) is 11.5 Å². The Labute approximate surface area is 285 Å². The highest BCUT2D eigenvalue weighted by atomic mass is 16.7. The molecular formula is C41H64O6. The summed E-state index contributed by atoms with van der Waals surface area (Å²) in [4.78, 5) is 0. The van der Waals surface area contributed by atoms with Gasteiger partial charge in [-0.25, -0.2) is 0 Å². The fourth-order valence-electron chi connectivity index (χ4n) is 7.14. The lowest BCUT2D eigenvalue weighted by molar-refractivity contribution is -0.333. The minimum Gasteiger partial charge on any atom is -0.507 e.